The van der Waals surface area contributed by atoms with Crippen molar-refractivity contribution >= 4 is 34.8 Å². The van der Waals surface area contributed by atoms with E-state index in [0.717, 1.165) is 29.8 Å². The standard InChI is InChI=1S/C22H23N3O3/c1-15-9-10-17(14-19(15)25-12-4-8-21(25)27)23-22(28)16-5-2-6-18(13-16)24-11-3-7-20(24)26/h2,5-6,9-10,13-14H,3-4,7-8,11-12H2,1H3,(H,23,28). The number of nitrogens with zero attached hydrogens (tertiary/aromatic N) is 2. The molecule has 6 heteroatoms. The van der Waals surface area contributed by atoms with Crippen LogP contribution in [0.3, 0.4) is 0 Å². The number of carbonyl (C=O) groups excluding carboxylic acids is 3. The van der Waals surface area contributed by atoms with Gasteiger partial charge < -0.3 is 15.1 Å². The summed E-state index contributed by atoms with van der Waals surface area (Å²) in [5.41, 5.74) is 3.74. The lowest BCUT2D eigenvalue weighted by atomic mass is 10.1. The van der Waals surface area contributed by atoms with Crippen LogP contribution in [0.25, 0.3) is 0 Å². The zero-order valence-corrected chi connectivity index (χ0v) is 15.9. The molecule has 0 radical (unpaired) electrons. The van der Waals surface area contributed by atoms with Crippen LogP contribution >= 0.6 is 0 Å². The average Bonchev–Trinajstić information content (AvgIpc) is 3.31. The molecule has 0 unspecified atom stereocenters. The van der Waals surface area contributed by atoms with Gasteiger partial charge in [-0.15, -0.1) is 0 Å². The molecule has 28 heavy (non-hydrogen) atoms. The zero-order valence-electron chi connectivity index (χ0n) is 15.9. The summed E-state index contributed by atoms with van der Waals surface area (Å²) in [5, 5.41) is 2.91. The molecule has 3 amide bonds. The van der Waals surface area contributed by atoms with Gasteiger partial charge in [-0.2, -0.15) is 0 Å². The molecule has 2 aromatic carbocycles. The van der Waals surface area contributed by atoms with Crippen LogP contribution in [-0.4, -0.2) is 30.8 Å². The zero-order chi connectivity index (χ0) is 19.7. The molecule has 0 atom stereocenters. The maximum Gasteiger partial charge on any atom is 0.255 e. The van der Waals surface area contributed by atoms with E-state index in [-0.39, 0.29) is 17.7 Å². The van der Waals surface area contributed by atoms with E-state index < -0.39 is 0 Å². The Bertz CT molecular complexity index is 954. The highest BCUT2D eigenvalue weighted by Crippen LogP contribution is 2.29. The summed E-state index contributed by atoms with van der Waals surface area (Å²) in [5.74, 6) is -0.0263. The monoisotopic (exact) mass is 377 g/mol. The van der Waals surface area contributed by atoms with Crippen LogP contribution in [0.4, 0.5) is 17.1 Å². The van der Waals surface area contributed by atoms with Crippen molar-refractivity contribution in [2.24, 2.45) is 0 Å². The summed E-state index contributed by atoms with van der Waals surface area (Å²) in [6.45, 7) is 3.36. The third-order valence-corrected chi connectivity index (χ3v) is 5.32. The molecule has 6 nitrogen and oxygen atoms in total. The molecule has 4 rings (SSSR count). The van der Waals surface area contributed by atoms with Gasteiger partial charge in [0, 0.05) is 48.6 Å². The fourth-order valence-corrected chi connectivity index (χ4v) is 3.82. The Morgan fingerprint density at radius 1 is 0.929 bits per heavy atom. The molecule has 0 saturated carbocycles. The molecular weight excluding hydrogens is 354 g/mol. The van der Waals surface area contributed by atoms with Crippen molar-refractivity contribution in [3.8, 4) is 0 Å². The third kappa shape index (κ3) is 3.50. The van der Waals surface area contributed by atoms with E-state index in [9.17, 15) is 14.4 Å². The van der Waals surface area contributed by atoms with Crippen molar-refractivity contribution in [1.29, 1.82) is 0 Å². The number of benzene rings is 2. The number of aryl methyl sites for hydroxylation is 1. The van der Waals surface area contributed by atoms with E-state index in [0.29, 0.717) is 37.2 Å². The molecule has 0 aliphatic carbocycles. The van der Waals surface area contributed by atoms with E-state index in [1.165, 1.54) is 0 Å². The van der Waals surface area contributed by atoms with Crippen LogP contribution < -0.4 is 15.1 Å². The fourth-order valence-electron chi connectivity index (χ4n) is 3.82. The Balaban J connectivity index is 1.54. The van der Waals surface area contributed by atoms with Crippen LogP contribution in [0.1, 0.15) is 41.6 Å². The molecule has 2 aromatic rings. The second-order valence-electron chi connectivity index (χ2n) is 7.30. The second-order valence-corrected chi connectivity index (χ2v) is 7.30. The minimum absolute atomic E-state index is 0.0935. The number of nitrogens with one attached hydrogen (secondary N) is 1. The Kier molecular flexibility index (Phi) is 4.86. The Hall–Kier alpha value is -3.15. The fraction of sp³-hybridized carbons (Fsp3) is 0.318. The Morgan fingerprint density at radius 3 is 2.32 bits per heavy atom. The average molecular weight is 377 g/mol. The van der Waals surface area contributed by atoms with Crippen LogP contribution in [0.15, 0.2) is 42.5 Å². The van der Waals surface area contributed by atoms with E-state index in [2.05, 4.69) is 5.32 Å². The van der Waals surface area contributed by atoms with E-state index in [1.54, 1.807) is 28.0 Å². The SMILES string of the molecule is Cc1ccc(NC(=O)c2cccc(N3CCCC3=O)c2)cc1N1CCCC1=O. The predicted molar refractivity (Wildman–Crippen MR) is 109 cm³/mol. The van der Waals surface area contributed by atoms with Crippen molar-refractivity contribution in [3.05, 3.63) is 53.6 Å². The summed E-state index contributed by atoms with van der Waals surface area (Å²) in [7, 11) is 0. The highest BCUT2D eigenvalue weighted by molar-refractivity contribution is 6.06. The molecular formula is C22H23N3O3. The lowest BCUT2D eigenvalue weighted by Gasteiger charge is -2.20. The van der Waals surface area contributed by atoms with Gasteiger partial charge in [0.2, 0.25) is 11.8 Å². The van der Waals surface area contributed by atoms with Gasteiger partial charge in [-0.05, 0) is 55.7 Å². The molecule has 2 fully saturated rings. The number of anilines is 3. The van der Waals surface area contributed by atoms with Gasteiger partial charge in [0.1, 0.15) is 0 Å². The van der Waals surface area contributed by atoms with Crippen molar-refractivity contribution < 1.29 is 14.4 Å². The third-order valence-electron chi connectivity index (χ3n) is 5.32. The molecule has 2 aliphatic heterocycles. The molecule has 1 N–H and O–H groups in total. The van der Waals surface area contributed by atoms with Crippen LogP contribution in [0.5, 0.6) is 0 Å². The van der Waals surface area contributed by atoms with Crippen molar-refractivity contribution in [3.63, 3.8) is 0 Å². The minimum Gasteiger partial charge on any atom is -0.322 e. The molecule has 0 spiro atoms. The van der Waals surface area contributed by atoms with Gasteiger partial charge in [-0.3, -0.25) is 14.4 Å². The molecule has 2 heterocycles. The van der Waals surface area contributed by atoms with Gasteiger partial charge >= 0.3 is 0 Å². The van der Waals surface area contributed by atoms with E-state index in [1.807, 2.05) is 31.2 Å². The van der Waals surface area contributed by atoms with Gasteiger partial charge in [-0.1, -0.05) is 12.1 Å². The number of carbonyl (C=O) groups is 3. The lowest BCUT2D eigenvalue weighted by molar-refractivity contribution is -0.117. The topological polar surface area (TPSA) is 69.7 Å². The van der Waals surface area contributed by atoms with Gasteiger partial charge in [0.25, 0.3) is 5.91 Å². The van der Waals surface area contributed by atoms with Crippen molar-refractivity contribution in [1.82, 2.24) is 0 Å². The highest BCUT2D eigenvalue weighted by Gasteiger charge is 2.24. The summed E-state index contributed by atoms with van der Waals surface area (Å²) in [6.07, 6.45) is 2.82. The molecule has 0 aromatic heterocycles. The largest absolute Gasteiger partial charge is 0.322 e. The van der Waals surface area contributed by atoms with Gasteiger partial charge in [0.15, 0.2) is 0 Å². The van der Waals surface area contributed by atoms with Crippen LogP contribution in [0, 0.1) is 6.92 Å². The molecule has 2 aliphatic rings. The Labute approximate surface area is 164 Å². The molecule has 0 bridgehead atoms. The maximum absolute atomic E-state index is 12.7. The number of hydrogen-bond donors (Lipinski definition) is 1. The maximum atomic E-state index is 12.7. The normalized spacial score (nSPS) is 16.8. The quantitative estimate of drug-likeness (QED) is 0.887. The smallest absolute Gasteiger partial charge is 0.255 e. The Morgan fingerprint density at radius 2 is 1.64 bits per heavy atom. The van der Waals surface area contributed by atoms with Crippen LogP contribution in [0.2, 0.25) is 0 Å². The lowest BCUT2D eigenvalue weighted by Crippen LogP contribution is -2.25. The first kappa shape index (κ1) is 18.2. The highest BCUT2D eigenvalue weighted by atomic mass is 16.2. The summed E-state index contributed by atoms with van der Waals surface area (Å²) in [4.78, 5) is 40.3. The summed E-state index contributed by atoms with van der Waals surface area (Å²) in [6, 6.07) is 12.7. The minimum atomic E-state index is -0.240. The van der Waals surface area contributed by atoms with Gasteiger partial charge in [0.05, 0.1) is 0 Å². The summed E-state index contributed by atoms with van der Waals surface area (Å²) >= 11 is 0. The van der Waals surface area contributed by atoms with Gasteiger partial charge in [-0.25, -0.2) is 0 Å². The van der Waals surface area contributed by atoms with Crippen LogP contribution in [-0.2, 0) is 9.59 Å². The van der Waals surface area contributed by atoms with E-state index >= 15 is 0 Å². The predicted octanol–water partition coefficient (Wildman–Crippen LogP) is 3.50. The first-order valence-electron chi connectivity index (χ1n) is 9.66. The first-order valence-corrected chi connectivity index (χ1v) is 9.66. The number of amides is 3. The first-order chi connectivity index (χ1) is 13.5. The number of hydrogen-bond acceptors (Lipinski definition) is 3. The summed E-state index contributed by atoms with van der Waals surface area (Å²) < 4.78 is 0. The molecule has 2 saturated heterocycles. The molecule has 144 valence electrons. The van der Waals surface area contributed by atoms with Crippen molar-refractivity contribution in [2.45, 2.75) is 32.6 Å². The van der Waals surface area contributed by atoms with Crippen molar-refractivity contribution in [2.75, 3.05) is 28.2 Å². The second kappa shape index (κ2) is 7.46. The van der Waals surface area contributed by atoms with E-state index in [4.69, 9.17) is 0 Å². The number of rotatable bonds is 4.